The first-order chi connectivity index (χ1) is 6.51. The van der Waals surface area contributed by atoms with E-state index in [0.29, 0.717) is 5.56 Å². The van der Waals surface area contributed by atoms with Gasteiger partial charge in [0.05, 0.1) is 0 Å². The lowest BCUT2D eigenvalue weighted by molar-refractivity contribution is -0.131. The van der Waals surface area contributed by atoms with Gasteiger partial charge in [0, 0.05) is 0 Å². The summed E-state index contributed by atoms with van der Waals surface area (Å²) in [5.41, 5.74) is 1.30. The van der Waals surface area contributed by atoms with E-state index in [1.165, 1.54) is 13.0 Å². The molecule has 14 heavy (non-hydrogen) atoms. The summed E-state index contributed by atoms with van der Waals surface area (Å²) in [5.74, 6) is -0.254. The summed E-state index contributed by atoms with van der Waals surface area (Å²) in [4.78, 5) is 11.5. The van der Waals surface area contributed by atoms with E-state index >= 15 is 0 Å². The molecule has 0 radical (unpaired) electrons. The Hall–Kier alpha value is -1.41. The number of aliphatic hydroxyl groups is 1. The van der Waals surface area contributed by atoms with Crippen molar-refractivity contribution < 1.29 is 9.90 Å². The van der Waals surface area contributed by atoms with Crippen molar-refractivity contribution in [3.8, 4) is 0 Å². The average Bonchev–Trinajstić information content (AvgIpc) is 2.13. The van der Waals surface area contributed by atoms with Crippen LogP contribution in [0.2, 0.25) is 0 Å². The molecule has 2 nitrogen and oxygen atoms in total. The van der Waals surface area contributed by atoms with Crippen molar-refractivity contribution in [3.05, 3.63) is 41.0 Å². The van der Waals surface area contributed by atoms with Crippen LogP contribution in [0.4, 0.5) is 0 Å². The zero-order chi connectivity index (χ0) is 10.3. The van der Waals surface area contributed by atoms with Crippen LogP contribution in [0.5, 0.6) is 0 Å². The largest absolute Gasteiger partial charge is 0.377 e. The van der Waals surface area contributed by atoms with Gasteiger partial charge < -0.3 is 5.11 Å². The lowest BCUT2D eigenvalue weighted by atomic mass is 9.83. The maximum absolute atomic E-state index is 11.5. The first-order valence-electron chi connectivity index (χ1n) is 4.58. The van der Waals surface area contributed by atoms with Crippen molar-refractivity contribution in [1.82, 2.24) is 0 Å². The minimum Gasteiger partial charge on any atom is -0.377 e. The molecule has 1 N–H and O–H groups in total. The van der Waals surface area contributed by atoms with E-state index in [4.69, 9.17) is 0 Å². The van der Waals surface area contributed by atoms with E-state index in [2.05, 4.69) is 0 Å². The lowest BCUT2D eigenvalue weighted by Gasteiger charge is -2.26. The molecular weight excluding hydrogens is 176 g/mol. The fraction of sp³-hybridized carbons (Fsp3) is 0.250. The predicted octanol–water partition coefficient (Wildman–Crippen LogP) is 1.80. The van der Waals surface area contributed by atoms with Gasteiger partial charge in [-0.05, 0) is 31.1 Å². The SMILES string of the molecule is Cc1ccc2c(c1)C(C)(O)C(=O)C=C2. The maximum atomic E-state index is 11.5. The lowest BCUT2D eigenvalue weighted by Crippen LogP contribution is -2.33. The van der Waals surface area contributed by atoms with Crippen LogP contribution in [0, 0.1) is 6.92 Å². The van der Waals surface area contributed by atoms with Gasteiger partial charge in [-0.25, -0.2) is 0 Å². The molecule has 2 rings (SSSR count). The number of carbonyl (C=O) groups excluding carboxylic acids is 1. The molecule has 0 bridgehead atoms. The highest BCUT2D eigenvalue weighted by molar-refractivity contribution is 6.03. The van der Waals surface area contributed by atoms with Crippen LogP contribution in [-0.2, 0) is 10.4 Å². The van der Waals surface area contributed by atoms with E-state index < -0.39 is 5.60 Å². The summed E-state index contributed by atoms with van der Waals surface area (Å²) >= 11 is 0. The summed E-state index contributed by atoms with van der Waals surface area (Å²) in [5, 5.41) is 10.0. The Morgan fingerprint density at radius 2 is 2.00 bits per heavy atom. The van der Waals surface area contributed by atoms with Crippen LogP contribution in [-0.4, -0.2) is 10.9 Å². The summed E-state index contributed by atoms with van der Waals surface area (Å²) in [6.07, 6.45) is 3.17. The summed E-state index contributed by atoms with van der Waals surface area (Å²) in [6.45, 7) is 3.48. The normalized spacial score (nSPS) is 24.9. The molecular formula is C12H12O2. The van der Waals surface area contributed by atoms with Gasteiger partial charge in [-0.1, -0.05) is 29.8 Å². The van der Waals surface area contributed by atoms with Crippen LogP contribution in [0.25, 0.3) is 6.08 Å². The van der Waals surface area contributed by atoms with Crippen molar-refractivity contribution in [2.45, 2.75) is 19.4 Å². The topological polar surface area (TPSA) is 37.3 Å². The van der Waals surface area contributed by atoms with Crippen molar-refractivity contribution in [3.63, 3.8) is 0 Å². The summed E-state index contributed by atoms with van der Waals surface area (Å²) < 4.78 is 0. The zero-order valence-electron chi connectivity index (χ0n) is 8.24. The minimum absolute atomic E-state index is 0.254. The predicted molar refractivity (Wildman–Crippen MR) is 54.8 cm³/mol. The third kappa shape index (κ3) is 1.19. The van der Waals surface area contributed by atoms with Crippen molar-refractivity contribution in [2.75, 3.05) is 0 Å². The van der Waals surface area contributed by atoms with Crippen LogP contribution in [0.3, 0.4) is 0 Å². The molecule has 72 valence electrons. The summed E-state index contributed by atoms with van der Waals surface area (Å²) in [6, 6.07) is 5.74. The number of fused-ring (bicyclic) bond motifs is 1. The van der Waals surface area contributed by atoms with Crippen molar-refractivity contribution in [1.29, 1.82) is 0 Å². The van der Waals surface area contributed by atoms with Gasteiger partial charge in [0.15, 0.2) is 5.78 Å². The van der Waals surface area contributed by atoms with E-state index in [-0.39, 0.29) is 5.78 Å². The molecule has 0 saturated carbocycles. The fourth-order valence-electron chi connectivity index (χ4n) is 1.70. The molecule has 1 aromatic rings. The van der Waals surface area contributed by atoms with Gasteiger partial charge in [0.25, 0.3) is 0 Å². The molecule has 0 fully saturated rings. The molecule has 0 aliphatic heterocycles. The Labute approximate surface area is 82.9 Å². The third-order valence-electron chi connectivity index (χ3n) is 2.63. The first-order valence-corrected chi connectivity index (χ1v) is 4.58. The Kier molecular flexibility index (Phi) is 1.82. The number of benzene rings is 1. The van der Waals surface area contributed by atoms with Gasteiger partial charge in [-0.15, -0.1) is 0 Å². The molecule has 0 spiro atoms. The zero-order valence-corrected chi connectivity index (χ0v) is 8.24. The van der Waals surface area contributed by atoms with Crippen molar-refractivity contribution in [2.24, 2.45) is 0 Å². The van der Waals surface area contributed by atoms with Crippen LogP contribution < -0.4 is 0 Å². The van der Waals surface area contributed by atoms with E-state index in [0.717, 1.165) is 11.1 Å². The number of ketones is 1. The Balaban J connectivity index is 2.69. The average molecular weight is 188 g/mol. The molecule has 1 aliphatic rings. The quantitative estimate of drug-likeness (QED) is 0.674. The van der Waals surface area contributed by atoms with Crippen molar-refractivity contribution >= 4 is 11.9 Å². The first kappa shape index (κ1) is 9.16. The number of hydrogen-bond acceptors (Lipinski definition) is 2. The highest BCUT2D eigenvalue weighted by Gasteiger charge is 2.34. The molecule has 1 aromatic carbocycles. The molecule has 0 amide bonds. The second kappa shape index (κ2) is 2.79. The molecule has 0 saturated heterocycles. The monoisotopic (exact) mass is 188 g/mol. The second-order valence-corrected chi connectivity index (χ2v) is 3.86. The second-order valence-electron chi connectivity index (χ2n) is 3.86. The Bertz CT molecular complexity index is 428. The number of hydrogen-bond donors (Lipinski definition) is 1. The molecule has 1 atom stereocenters. The number of rotatable bonds is 0. The molecule has 0 aromatic heterocycles. The smallest absolute Gasteiger partial charge is 0.191 e. The molecule has 1 unspecified atom stereocenters. The van der Waals surface area contributed by atoms with Crippen LogP contribution in [0.15, 0.2) is 24.3 Å². The summed E-state index contributed by atoms with van der Waals surface area (Å²) in [7, 11) is 0. The molecule has 0 heterocycles. The van der Waals surface area contributed by atoms with Gasteiger partial charge >= 0.3 is 0 Å². The highest BCUT2D eigenvalue weighted by atomic mass is 16.3. The number of aryl methyl sites for hydroxylation is 1. The highest BCUT2D eigenvalue weighted by Crippen LogP contribution is 2.31. The van der Waals surface area contributed by atoms with E-state index in [1.807, 2.05) is 25.1 Å². The Morgan fingerprint density at radius 3 is 2.71 bits per heavy atom. The Morgan fingerprint density at radius 1 is 1.29 bits per heavy atom. The minimum atomic E-state index is -1.36. The fourth-order valence-corrected chi connectivity index (χ4v) is 1.70. The van der Waals surface area contributed by atoms with Gasteiger partial charge in [0.2, 0.25) is 0 Å². The molecule has 2 heteroatoms. The third-order valence-corrected chi connectivity index (χ3v) is 2.63. The standard InChI is InChI=1S/C12H12O2/c1-8-3-4-9-5-6-11(13)12(2,14)10(9)7-8/h3-7,14H,1-2H3. The number of carbonyl (C=O) groups is 1. The van der Waals surface area contributed by atoms with Gasteiger partial charge in [-0.3, -0.25) is 4.79 Å². The van der Waals surface area contributed by atoms with E-state index in [9.17, 15) is 9.90 Å². The molecule has 1 aliphatic carbocycles. The van der Waals surface area contributed by atoms with E-state index in [1.54, 1.807) is 6.08 Å². The van der Waals surface area contributed by atoms with Gasteiger partial charge in [-0.2, -0.15) is 0 Å². The maximum Gasteiger partial charge on any atom is 0.191 e. The van der Waals surface area contributed by atoms with Crippen LogP contribution in [0.1, 0.15) is 23.6 Å². The van der Waals surface area contributed by atoms with Gasteiger partial charge in [0.1, 0.15) is 5.60 Å². The van der Waals surface area contributed by atoms with Crippen LogP contribution >= 0.6 is 0 Å².